The van der Waals surface area contributed by atoms with Gasteiger partial charge >= 0.3 is 0 Å². The van der Waals surface area contributed by atoms with Crippen LogP contribution in [0.5, 0.6) is 0 Å². The summed E-state index contributed by atoms with van der Waals surface area (Å²) < 4.78 is 6.31. The van der Waals surface area contributed by atoms with E-state index in [1.54, 1.807) is 12.1 Å². The van der Waals surface area contributed by atoms with Crippen LogP contribution in [0, 0.1) is 11.8 Å². The van der Waals surface area contributed by atoms with E-state index in [0.717, 1.165) is 10.9 Å². The molecule has 2 saturated heterocycles. The van der Waals surface area contributed by atoms with E-state index in [1.807, 2.05) is 12.1 Å². The minimum absolute atomic E-state index is 0.314. The van der Waals surface area contributed by atoms with E-state index in [-0.39, 0.29) is 18.1 Å². The van der Waals surface area contributed by atoms with Gasteiger partial charge in [-0.1, -0.05) is 12.1 Å². The highest BCUT2D eigenvalue weighted by molar-refractivity contribution is 9.10. The van der Waals surface area contributed by atoms with Crippen LogP contribution in [0.25, 0.3) is 0 Å². The molecule has 6 heteroatoms. The number of aliphatic carboxylic acids is 1. The third-order valence-corrected chi connectivity index (χ3v) is 4.67. The van der Waals surface area contributed by atoms with E-state index in [9.17, 15) is 14.7 Å². The Kier molecular flexibility index (Phi) is 3.52. The summed E-state index contributed by atoms with van der Waals surface area (Å²) in [6.07, 6.45) is 0.704. The van der Waals surface area contributed by atoms with Gasteiger partial charge in [-0.05, 0) is 40.9 Å². The zero-order valence-corrected chi connectivity index (χ0v) is 12.1. The van der Waals surface area contributed by atoms with E-state index in [2.05, 4.69) is 21.2 Å². The summed E-state index contributed by atoms with van der Waals surface area (Å²) >= 11 is 3.34. The largest absolute Gasteiger partial charge is 0.550 e. The van der Waals surface area contributed by atoms with Crippen molar-refractivity contribution in [3.05, 3.63) is 28.7 Å². The van der Waals surface area contributed by atoms with Crippen molar-refractivity contribution in [2.45, 2.75) is 25.0 Å². The molecule has 106 valence electrons. The lowest BCUT2D eigenvalue weighted by atomic mass is 9.78. The molecule has 0 aliphatic carbocycles. The highest BCUT2D eigenvalue weighted by atomic mass is 79.9. The lowest BCUT2D eigenvalue weighted by molar-refractivity contribution is -0.313. The van der Waals surface area contributed by atoms with Crippen molar-refractivity contribution in [2.75, 3.05) is 5.32 Å². The smallest absolute Gasteiger partial charge is 0.230 e. The Bertz CT molecular complexity index is 562. The summed E-state index contributed by atoms with van der Waals surface area (Å²) in [6.45, 7) is 0. The minimum Gasteiger partial charge on any atom is -0.550 e. The molecule has 20 heavy (non-hydrogen) atoms. The molecule has 0 aromatic heterocycles. The van der Waals surface area contributed by atoms with Crippen molar-refractivity contribution in [1.29, 1.82) is 0 Å². The number of para-hydroxylation sites is 1. The normalized spacial score (nSPS) is 31.2. The molecule has 2 aliphatic rings. The number of carboxylic acids is 1. The molecule has 2 bridgehead atoms. The monoisotopic (exact) mass is 338 g/mol. The quantitative estimate of drug-likeness (QED) is 0.889. The predicted molar refractivity (Wildman–Crippen MR) is 72.7 cm³/mol. The third-order valence-electron chi connectivity index (χ3n) is 3.98. The Hall–Kier alpha value is -1.40. The second-order valence-electron chi connectivity index (χ2n) is 5.13. The molecule has 5 nitrogen and oxygen atoms in total. The van der Waals surface area contributed by atoms with E-state index in [0.29, 0.717) is 12.1 Å². The van der Waals surface area contributed by atoms with Crippen molar-refractivity contribution in [1.82, 2.24) is 0 Å². The fourth-order valence-electron chi connectivity index (χ4n) is 3.09. The molecular formula is C14H13BrNO4-. The number of anilines is 1. The molecule has 2 fully saturated rings. The molecule has 4 atom stereocenters. The average molecular weight is 339 g/mol. The van der Waals surface area contributed by atoms with Gasteiger partial charge in [0.1, 0.15) is 0 Å². The summed E-state index contributed by atoms with van der Waals surface area (Å²) in [5.41, 5.74) is 0.623. The minimum atomic E-state index is -1.20. The van der Waals surface area contributed by atoms with Crippen molar-refractivity contribution in [2.24, 2.45) is 11.8 Å². The average Bonchev–Trinajstić information content (AvgIpc) is 3.01. The van der Waals surface area contributed by atoms with Crippen LogP contribution in [0.1, 0.15) is 12.8 Å². The zero-order chi connectivity index (χ0) is 14.3. The van der Waals surface area contributed by atoms with Crippen LogP contribution >= 0.6 is 15.9 Å². The van der Waals surface area contributed by atoms with Crippen LogP contribution in [0.15, 0.2) is 28.7 Å². The number of hydrogen-bond acceptors (Lipinski definition) is 4. The van der Waals surface area contributed by atoms with Gasteiger partial charge in [-0.3, -0.25) is 4.79 Å². The number of benzene rings is 1. The SMILES string of the molecule is O=C(Nc1ccccc1Br)[C@@H]1[C@@H](C(=O)[O-])[C@H]2CC[C@@H]1O2. The summed E-state index contributed by atoms with van der Waals surface area (Å²) in [7, 11) is 0. The van der Waals surface area contributed by atoms with Crippen molar-refractivity contribution < 1.29 is 19.4 Å². The second-order valence-corrected chi connectivity index (χ2v) is 5.98. The van der Waals surface area contributed by atoms with E-state index < -0.39 is 17.8 Å². The second kappa shape index (κ2) is 5.18. The van der Waals surface area contributed by atoms with Gasteiger partial charge in [-0.2, -0.15) is 0 Å². The van der Waals surface area contributed by atoms with Crippen LogP contribution in [-0.2, 0) is 14.3 Å². The lowest BCUT2D eigenvalue weighted by Crippen LogP contribution is -2.46. The Morgan fingerprint density at radius 2 is 1.85 bits per heavy atom. The lowest BCUT2D eigenvalue weighted by Gasteiger charge is -2.27. The van der Waals surface area contributed by atoms with Crippen molar-refractivity contribution >= 4 is 33.5 Å². The van der Waals surface area contributed by atoms with Crippen LogP contribution in [0.4, 0.5) is 5.69 Å². The number of carbonyl (C=O) groups excluding carboxylic acids is 2. The molecule has 2 heterocycles. The van der Waals surface area contributed by atoms with Crippen LogP contribution < -0.4 is 10.4 Å². The van der Waals surface area contributed by atoms with Gasteiger partial charge in [0.15, 0.2) is 0 Å². The maximum absolute atomic E-state index is 12.4. The van der Waals surface area contributed by atoms with Gasteiger partial charge in [0, 0.05) is 16.4 Å². The Morgan fingerprint density at radius 1 is 1.20 bits per heavy atom. The number of carboxylic acid groups (broad SMARTS) is 1. The number of ether oxygens (including phenoxy) is 1. The standard InChI is InChI=1S/C14H14BrNO4/c15-7-3-1-2-4-8(7)16-13(17)11-9-5-6-10(20-9)12(11)14(18)19/h1-4,9-12H,5-6H2,(H,16,17)(H,18,19)/p-1/t9-,10+,11-,12-/m0/s1. The van der Waals surface area contributed by atoms with E-state index in [1.165, 1.54) is 0 Å². The van der Waals surface area contributed by atoms with Crippen molar-refractivity contribution in [3.8, 4) is 0 Å². The highest BCUT2D eigenvalue weighted by Gasteiger charge is 2.52. The number of fused-ring (bicyclic) bond motifs is 2. The predicted octanol–water partition coefficient (Wildman–Crippen LogP) is 0.931. The fourth-order valence-corrected chi connectivity index (χ4v) is 3.47. The van der Waals surface area contributed by atoms with Crippen LogP contribution in [-0.4, -0.2) is 24.1 Å². The number of halogens is 1. The molecule has 1 N–H and O–H groups in total. The third kappa shape index (κ3) is 2.23. The first-order chi connectivity index (χ1) is 9.58. The summed E-state index contributed by atoms with van der Waals surface area (Å²) in [6, 6.07) is 7.20. The van der Waals surface area contributed by atoms with Crippen LogP contribution in [0.2, 0.25) is 0 Å². The van der Waals surface area contributed by atoms with Gasteiger partial charge in [0.2, 0.25) is 5.91 Å². The molecule has 0 saturated carbocycles. The molecule has 0 radical (unpaired) electrons. The van der Waals surface area contributed by atoms with Gasteiger partial charge in [-0.25, -0.2) is 0 Å². The molecule has 1 aromatic rings. The number of hydrogen-bond donors (Lipinski definition) is 1. The first-order valence-corrected chi connectivity index (χ1v) is 7.29. The Morgan fingerprint density at radius 3 is 2.50 bits per heavy atom. The van der Waals surface area contributed by atoms with Crippen LogP contribution in [0.3, 0.4) is 0 Å². The molecule has 0 spiro atoms. The van der Waals surface area contributed by atoms with Gasteiger partial charge in [0.05, 0.1) is 23.8 Å². The van der Waals surface area contributed by atoms with E-state index in [4.69, 9.17) is 4.74 Å². The number of rotatable bonds is 3. The zero-order valence-electron chi connectivity index (χ0n) is 10.5. The fraction of sp³-hybridized carbons (Fsp3) is 0.429. The number of nitrogens with one attached hydrogen (secondary N) is 1. The number of amides is 1. The maximum atomic E-state index is 12.4. The molecule has 0 unspecified atom stereocenters. The van der Waals surface area contributed by atoms with Gasteiger partial charge in [-0.15, -0.1) is 0 Å². The number of carbonyl (C=O) groups is 2. The molecule has 2 aliphatic heterocycles. The summed E-state index contributed by atoms with van der Waals surface area (Å²) in [4.78, 5) is 23.6. The topological polar surface area (TPSA) is 78.5 Å². The first-order valence-electron chi connectivity index (χ1n) is 6.49. The van der Waals surface area contributed by atoms with Gasteiger partial charge in [0.25, 0.3) is 0 Å². The maximum Gasteiger partial charge on any atom is 0.230 e. The first kappa shape index (κ1) is 13.6. The van der Waals surface area contributed by atoms with Gasteiger partial charge < -0.3 is 20.0 Å². The molecule has 1 aromatic carbocycles. The molecular weight excluding hydrogens is 326 g/mol. The summed E-state index contributed by atoms with van der Waals surface area (Å²) in [5.74, 6) is -3.05. The molecule has 3 rings (SSSR count). The van der Waals surface area contributed by atoms with Crippen molar-refractivity contribution in [3.63, 3.8) is 0 Å². The Balaban J connectivity index is 1.80. The Labute approximate surface area is 124 Å². The highest BCUT2D eigenvalue weighted by Crippen LogP contribution is 2.43. The van der Waals surface area contributed by atoms with E-state index >= 15 is 0 Å². The summed E-state index contributed by atoms with van der Waals surface area (Å²) in [5, 5.41) is 14.0. The molecule has 1 amide bonds.